The van der Waals surface area contributed by atoms with Gasteiger partial charge in [0.05, 0.1) is 5.69 Å². The molecule has 0 aliphatic rings. The molecule has 0 spiro atoms. The summed E-state index contributed by atoms with van der Waals surface area (Å²) in [5.74, 6) is -2.45. The van der Waals surface area contributed by atoms with Gasteiger partial charge in [0.25, 0.3) is 10.0 Å². The van der Waals surface area contributed by atoms with E-state index in [-0.39, 0.29) is 11.4 Å². The number of rotatable bonds is 3. The van der Waals surface area contributed by atoms with Gasteiger partial charge in [-0.15, -0.1) is 0 Å². The van der Waals surface area contributed by atoms with Gasteiger partial charge in [-0.05, 0) is 23.6 Å². The molecule has 8 heteroatoms. The van der Waals surface area contributed by atoms with Crippen molar-refractivity contribution < 1.29 is 17.2 Å². The Labute approximate surface area is 106 Å². The summed E-state index contributed by atoms with van der Waals surface area (Å²) in [5.41, 5.74) is 5.28. The molecule has 0 unspecified atom stereocenters. The highest BCUT2D eigenvalue weighted by molar-refractivity contribution is 7.92. The number of hydrogen-bond donors (Lipinski definition) is 2. The van der Waals surface area contributed by atoms with Gasteiger partial charge in [0.2, 0.25) is 0 Å². The first-order valence-corrected chi connectivity index (χ1v) is 7.12. The molecule has 1 aromatic heterocycles. The fraction of sp³-hybridized carbons (Fsp3) is 0. The van der Waals surface area contributed by atoms with Gasteiger partial charge >= 0.3 is 0 Å². The molecule has 96 valence electrons. The minimum atomic E-state index is -4.31. The number of hydrogen-bond acceptors (Lipinski definition) is 4. The first-order chi connectivity index (χ1) is 8.40. The van der Waals surface area contributed by atoms with Crippen LogP contribution in [0.15, 0.2) is 33.9 Å². The lowest BCUT2D eigenvalue weighted by Crippen LogP contribution is -2.16. The third kappa shape index (κ3) is 2.44. The van der Waals surface area contributed by atoms with Gasteiger partial charge in [-0.3, -0.25) is 4.72 Å². The summed E-state index contributed by atoms with van der Waals surface area (Å²) >= 11 is 1.25. The quantitative estimate of drug-likeness (QED) is 0.853. The summed E-state index contributed by atoms with van der Waals surface area (Å²) in [6.45, 7) is 0. The SMILES string of the molecule is Nc1cc(F)c(S(=O)(=O)Nc2ccsc2)c(F)c1. The number of nitrogens with one attached hydrogen (secondary N) is 1. The van der Waals surface area contributed by atoms with Crippen molar-refractivity contribution in [1.29, 1.82) is 0 Å². The zero-order chi connectivity index (χ0) is 13.3. The lowest BCUT2D eigenvalue weighted by atomic mass is 10.3. The molecule has 0 aliphatic carbocycles. The van der Waals surface area contributed by atoms with E-state index in [4.69, 9.17) is 5.73 Å². The van der Waals surface area contributed by atoms with E-state index in [1.807, 2.05) is 0 Å². The molecule has 0 amide bonds. The van der Waals surface area contributed by atoms with Crippen molar-refractivity contribution in [2.24, 2.45) is 0 Å². The molecule has 2 rings (SSSR count). The summed E-state index contributed by atoms with van der Waals surface area (Å²) in [7, 11) is -4.31. The van der Waals surface area contributed by atoms with Crippen LogP contribution in [0, 0.1) is 11.6 Å². The average Bonchev–Trinajstić information content (AvgIpc) is 2.66. The second-order valence-electron chi connectivity index (χ2n) is 3.43. The van der Waals surface area contributed by atoms with Crippen molar-refractivity contribution in [1.82, 2.24) is 0 Å². The lowest BCUT2D eigenvalue weighted by Gasteiger charge is -2.08. The zero-order valence-electron chi connectivity index (χ0n) is 8.85. The average molecular weight is 290 g/mol. The highest BCUT2D eigenvalue weighted by atomic mass is 32.2. The Morgan fingerprint density at radius 1 is 1.22 bits per heavy atom. The minimum absolute atomic E-state index is 0.181. The van der Waals surface area contributed by atoms with E-state index in [1.165, 1.54) is 22.8 Å². The van der Waals surface area contributed by atoms with Crippen LogP contribution in [0.3, 0.4) is 0 Å². The van der Waals surface area contributed by atoms with Crippen LogP contribution in [0.5, 0.6) is 0 Å². The topological polar surface area (TPSA) is 72.2 Å². The molecule has 0 atom stereocenters. The van der Waals surface area contributed by atoms with Crippen molar-refractivity contribution in [3.05, 3.63) is 40.6 Å². The Bertz CT molecular complexity index is 646. The first kappa shape index (κ1) is 12.8. The van der Waals surface area contributed by atoms with Crippen LogP contribution in [0.25, 0.3) is 0 Å². The maximum Gasteiger partial charge on any atom is 0.267 e. The van der Waals surface area contributed by atoms with E-state index in [2.05, 4.69) is 4.72 Å². The van der Waals surface area contributed by atoms with E-state index in [1.54, 1.807) is 5.38 Å². The summed E-state index contributed by atoms with van der Waals surface area (Å²) in [6.07, 6.45) is 0. The summed E-state index contributed by atoms with van der Waals surface area (Å²) in [4.78, 5) is -1.04. The van der Waals surface area contributed by atoms with Crippen LogP contribution in [0.1, 0.15) is 0 Å². The van der Waals surface area contributed by atoms with E-state index in [9.17, 15) is 17.2 Å². The number of benzene rings is 1. The lowest BCUT2D eigenvalue weighted by molar-refractivity contribution is 0.522. The van der Waals surface area contributed by atoms with E-state index >= 15 is 0 Å². The fourth-order valence-corrected chi connectivity index (χ4v) is 3.20. The molecule has 1 aromatic carbocycles. The van der Waals surface area contributed by atoms with Gasteiger partial charge in [-0.1, -0.05) is 0 Å². The summed E-state index contributed by atoms with van der Waals surface area (Å²) in [5, 5.41) is 3.14. The Balaban J connectivity index is 2.48. The van der Waals surface area contributed by atoms with Gasteiger partial charge in [-0.25, -0.2) is 17.2 Å². The molecule has 0 bridgehead atoms. The van der Waals surface area contributed by atoms with Crippen molar-refractivity contribution >= 4 is 32.7 Å². The highest BCUT2D eigenvalue weighted by Gasteiger charge is 2.24. The van der Waals surface area contributed by atoms with Crippen molar-refractivity contribution in [3.8, 4) is 0 Å². The number of thiophene rings is 1. The summed E-state index contributed by atoms with van der Waals surface area (Å²) in [6, 6.07) is 2.99. The monoisotopic (exact) mass is 290 g/mol. The molecule has 0 radical (unpaired) electrons. The number of nitrogen functional groups attached to an aromatic ring is 1. The fourth-order valence-electron chi connectivity index (χ4n) is 1.36. The van der Waals surface area contributed by atoms with Crippen LogP contribution in [-0.2, 0) is 10.0 Å². The molecule has 0 saturated carbocycles. The van der Waals surface area contributed by atoms with Gasteiger partial charge < -0.3 is 5.73 Å². The van der Waals surface area contributed by atoms with Gasteiger partial charge in [0.15, 0.2) is 4.90 Å². The molecule has 4 nitrogen and oxygen atoms in total. The maximum absolute atomic E-state index is 13.5. The molecule has 0 aliphatic heterocycles. The number of nitrogens with two attached hydrogens (primary N) is 1. The molecule has 2 aromatic rings. The van der Waals surface area contributed by atoms with Crippen LogP contribution in [-0.4, -0.2) is 8.42 Å². The number of anilines is 2. The Kier molecular flexibility index (Phi) is 3.22. The second-order valence-corrected chi connectivity index (χ2v) is 5.83. The second kappa shape index (κ2) is 4.54. The highest BCUT2D eigenvalue weighted by Crippen LogP contribution is 2.24. The Morgan fingerprint density at radius 2 is 1.83 bits per heavy atom. The van der Waals surface area contributed by atoms with E-state index in [0.717, 1.165) is 12.1 Å². The normalized spacial score (nSPS) is 11.4. The Morgan fingerprint density at radius 3 is 2.33 bits per heavy atom. The maximum atomic E-state index is 13.5. The molecule has 18 heavy (non-hydrogen) atoms. The number of sulfonamides is 1. The molecule has 0 fully saturated rings. The van der Waals surface area contributed by atoms with E-state index < -0.39 is 26.6 Å². The van der Waals surface area contributed by atoms with Crippen molar-refractivity contribution in [2.45, 2.75) is 4.90 Å². The molecule has 1 heterocycles. The molecule has 3 N–H and O–H groups in total. The molecular formula is C10H8F2N2O2S2. The zero-order valence-corrected chi connectivity index (χ0v) is 10.5. The van der Waals surface area contributed by atoms with Gasteiger partial charge in [0.1, 0.15) is 11.6 Å². The third-order valence-corrected chi connectivity index (χ3v) is 4.18. The van der Waals surface area contributed by atoms with Crippen LogP contribution in [0.4, 0.5) is 20.2 Å². The van der Waals surface area contributed by atoms with Crippen LogP contribution in [0.2, 0.25) is 0 Å². The smallest absolute Gasteiger partial charge is 0.267 e. The minimum Gasteiger partial charge on any atom is -0.399 e. The van der Waals surface area contributed by atoms with E-state index in [0.29, 0.717) is 0 Å². The predicted octanol–water partition coefficient (Wildman–Crippen LogP) is 2.41. The van der Waals surface area contributed by atoms with Gasteiger partial charge in [0, 0.05) is 11.1 Å². The van der Waals surface area contributed by atoms with Crippen LogP contribution < -0.4 is 10.5 Å². The molecular weight excluding hydrogens is 282 g/mol. The largest absolute Gasteiger partial charge is 0.399 e. The third-order valence-electron chi connectivity index (χ3n) is 2.06. The number of halogens is 2. The Hall–Kier alpha value is -1.67. The van der Waals surface area contributed by atoms with Crippen molar-refractivity contribution in [3.63, 3.8) is 0 Å². The van der Waals surface area contributed by atoms with Crippen molar-refractivity contribution in [2.75, 3.05) is 10.5 Å². The predicted molar refractivity (Wildman–Crippen MR) is 65.9 cm³/mol. The van der Waals surface area contributed by atoms with Gasteiger partial charge in [-0.2, -0.15) is 11.3 Å². The first-order valence-electron chi connectivity index (χ1n) is 4.70. The van der Waals surface area contributed by atoms with Crippen LogP contribution >= 0.6 is 11.3 Å². The molecule has 0 saturated heterocycles. The standard InChI is InChI=1S/C10H8F2N2O2S2/c11-8-3-6(13)4-9(12)10(8)18(15,16)14-7-1-2-17-5-7/h1-5,14H,13H2. The summed E-state index contributed by atoms with van der Waals surface area (Å²) < 4.78 is 52.7.